The van der Waals surface area contributed by atoms with Crippen molar-refractivity contribution < 1.29 is 4.74 Å². The van der Waals surface area contributed by atoms with Gasteiger partial charge in [-0.25, -0.2) is 0 Å². The molecule has 3 rings (SSSR count). The molecule has 0 atom stereocenters. The molecule has 3 aromatic rings. The molecule has 2 N–H and O–H groups in total. The van der Waals surface area contributed by atoms with E-state index in [9.17, 15) is 0 Å². The van der Waals surface area contributed by atoms with Gasteiger partial charge in [0.1, 0.15) is 5.75 Å². The Morgan fingerprint density at radius 1 is 1.00 bits per heavy atom. The number of anilines is 1. The largest absolute Gasteiger partial charge is 0.494 e. The number of H-pyrrole nitrogens is 1. The Labute approximate surface area is 134 Å². The number of nitrogens with one attached hydrogen (secondary N) is 2. The van der Waals surface area contributed by atoms with Gasteiger partial charge >= 0.3 is 0 Å². The molecule has 0 aliphatic carbocycles. The second-order valence-corrected chi connectivity index (χ2v) is 5.14. The summed E-state index contributed by atoms with van der Waals surface area (Å²) in [7, 11) is 0. The first-order chi connectivity index (χ1) is 11.4. The molecule has 0 unspecified atom stereocenters. The minimum Gasteiger partial charge on any atom is -0.494 e. The highest BCUT2D eigenvalue weighted by Gasteiger charge is 1.99. The molecule has 0 spiro atoms. The van der Waals surface area contributed by atoms with Gasteiger partial charge in [0.2, 0.25) is 0 Å². The molecule has 0 amide bonds. The van der Waals surface area contributed by atoms with E-state index in [2.05, 4.69) is 38.1 Å². The van der Waals surface area contributed by atoms with Crippen LogP contribution >= 0.6 is 0 Å². The van der Waals surface area contributed by atoms with Crippen molar-refractivity contribution >= 4 is 5.69 Å². The molecule has 23 heavy (non-hydrogen) atoms. The molecule has 118 valence electrons. The van der Waals surface area contributed by atoms with Crippen LogP contribution in [0.2, 0.25) is 0 Å². The lowest BCUT2D eigenvalue weighted by Crippen LogP contribution is -2.01. The first kappa shape index (κ1) is 15.0. The van der Waals surface area contributed by atoms with E-state index in [0.717, 1.165) is 30.8 Å². The monoisotopic (exact) mass is 309 g/mol. The van der Waals surface area contributed by atoms with E-state index in [1.165, 1.54) is 5.56 Å². The highest BCUT2D eigenvalue weighted by molar-refractivity contribution is 5.46. The fourth-order valence-electron chi connectivity index (χ4n) is 2.18. The molecule has 6 nitrogen and oxygen atoms in total. The number of tetrazole rings is 1. The molecule has 0 aliphatic heterocycles. The highest BCUT2D eigenvalue weighted by atomic mass is 16.5. The van der Waals surface area contributed by atoms with Gasteiger partial charge in [0, 0.05) is 18.7 Å². The van der Waals surface area contributed by atoms with Crippen LogP contribution < -0.4 is 10.1 Å². The third-order valence-corrected chi connectivity index (χ3v) is 3.40. The van der Waals surface area contributed by atoms with Crippen molar-refractivity contribution in [2.24, 2.45) is 0 Å². The van der Waals surface area contributed by atoms with Gasteiger partial charge in [0.25, 0.3) is 0 Å². The van der Waals surface area contributed by atoms with Crippen molar-refractivity contribution in [2.75, 3.05) is 11.9 Å². The summed E-state index contributed by atoms with van der Waals surface area (Å²) in [5, 5.41) is 17.2. The first-order valence-electron chi connectivity index (χ1n) is 7.63. The predicted molar refractivity (Wildman–Crippen MR) is 88.2 cm³/mol. The molecular weight excluding hydrogens is 290 g/mol. The van der Waals surface area contributed by atoms with Crippen molar-refractivity contribution in [3.05, 3.63) is 66.0 Å². The summed E-state index contributed by atoms with van der Waals surface area (Å²) in [6, 6.07) is 18.3. The fraction of sp³-hybridized carbons (Fsp3) is 0.235. The Morgan fingerprint density at radius 2 is 1.83 bits per heavy atom. The molecule has 1 heterocycles. The first-order valence-corrected chi connectivity index (χ1v) is 7.63. The Kier molecular flexibility index (Phi) is 5.18. The van der Waals surface area contributed by atoms with Crippen molar-refractivity contribution in [1.29, 1.82) is 0 Å². The maximum atomic E-state index is 5.71. The van der Waals surface area contributed by atoms with E-state index < -0.39 is 0 Å². The number of ether oxygens (including phenoxy) is 1. The summed E-state index contributed by atoms with van der Waals surface area (Å²) in [6.45, 7) is 1.44. The number of hydrogen-bond donors (Lipinski definition) is 2. The molecule has 2 aromatic carbocycles. The SMILES string of the molecule is c1ccc(CNc2ccc(OCCCc3nn[nH]n3)cc2)cc1. The Bertz CT molecular complexity index is 683. The van der Waals surface area contributed by atoms with Gasteiger partial charge in [-0.1, -0.05) is 35.5 Å². The van der Waals surface area contributed by atoms with E-state index in [0.29, 0.717) is 12.4 Å². The maximum absolute atomic E-state index is 5.71. The summed E-state index contributed by atoms with van der Waals surface area (Å²) >= 11 is 0. The third-order valence-electron chi connectivity index (χ3n) is 3.40. The summed E-state index contributed by atoms with van der Waals surface area (Å²) < 4.78 is 5.71. The number of benzene rings is 2. The van der Waals surface area contributed by atoms with E-state index in [1.54, 1.807) is 0 Å². The number of aryl methyl sites for hydroxylation is 1. The molecular formula is C17H19N5O. The topological polar surface area (TPSA) is 75.7 Å². The van der Waals surface area contributed by atoms with Crippen molar-refractivity contribution in [1.82, 2.24) is 20.6 Å². The second-order valence-electron chi connectivity index (χ2n) is 5.14. The van der Waals surface area contributed by atoms with E-state index in [-0.39, 0.29) is 0 Å². The Hall–Kier alpha value is -2.89. The zero-order valence-corrected chi connectivity index (χ0v) is 12.8. The van der Waals surface area contributed by atoms with Gasteiger partial charge in [-0.3, -0.25) is 0 Å². The average Bonchev–Trinajstić information content (AvgIpc) is 3.12. The zero-order valence-electron chi connectivity index (χ0n) is 12.8. The summed E-state index contributed by atoms with van der Waals surface area (Å²) in [5.41, 5.74) is 2.34. The second kappa shape index (κ2) is 7.93. The summed E-state index contributed by atoms with van der Waals surface area (Å²) in [4.78, 5) is 0. The van der Waals surface area contributed by atoms with Gasteiger partial charge in [0.05, 0.1) is 6.61 Å². The minimum absolute atomic E-state index is 0.630. The van der Waals surface area contributed by atoms with Gasteiger partial charge in [-0.15, -0.1) is 10.2 Å². The number of rotatable bonds is 8. The molecule has 0 saturated heterocycles. The van der Waals surface area contributed by atoms with Crippen molar-refractivity contribution in [2.45, 2.75) is 19.4 Å². The maximum Gasteiger partial charge on any atom is 0.174 e. The van der Waals surface area contributed by atoms with Gasteiger partial charge in [-0.2, -0.15) is 5.21 Å². The van der Waals surface area contributed by atoms with Crippen LogP contribution in [0.1, 0.15) is 17.8 Å². The lowest BCUT2D eigenvalue weighted by molar-refractivity contribution is 0.310. The normalized spacial score (nSPS) is 10.4. The fourth-order valence-corrected chi connectivity index (χ4v) is 2.18. The van der Waals surface area contributed by atoms with Gasteiger partial charge in [0.15, 0.2) is 5.82 Å². The van der Waals surface area contributed by atoms with Crippen molar-refractivity contribution in [3.8, 4) is 5.75 Å². The van der Waals surface area contributed by atoms with Crippen LogP contribution in [-0.2, 0) is 13.0 Å². The average molecular weight is 309 g/mol. The van der Waals surface area contributed by atoms with E-state index in [1.807, 2.05) is 42.5 Å². The predicted octanol–water partition coefficient (Wildman–Crippen LogP) is 2.82. The molecule has 0 saturated carbocycles. The van der Waals surface area contributed by atoms with E-state index in [4.69, 9.17) is 4.74 Å². The van der Waals surface area contributed by atoms with Crippen LogP contribution in [0.3, 0.4) is 0 Å². The Morgan fingerprint density at radius 3 is 2.57 bits per heavy atom. The lowest BCUT2D eigenvalue weighted by Gasteiger charge is -2.09. The molecule has 0 aliphatic rings. The van der Waals surface area contributed by atoms with Crippen LogP contribution in [-0.4, -0.2) is 27.2 Å². The van der Waals surface area contributed by atoms with Crippen LogP contribution in [0, 0.1) is 0 Å². The zero-order chi connectivity index (χ0) is 15.7. The number of hydrogen-bond acceptors (Lipinski definition) is 5. The number of nitrogens with zero attached hydrogens (tertiary/aromatic N) is 3. The molecule has 1 aromatic heterocycles. The van der Waals surface area contributed by atoms with Gasteiger partial charge < -0.3 is 10.1 Å². The molecule has 0 fully saturated rings. The summed E-state index contributed by atoms with van der Waals surface area (Å²) in [5.74, 6) is 1.58. The Balaban J connectivity index is 1.40. The lowest BCUT2D eigenvalue weighted by atomic mass is 10.2. The smallest absolute Gasteiger partial charge is 0.174 e. The molecule has 0 radical (unpaired) electrons. The van der Waals surface area contributed by atoms with Crippen LogP contribution in [0.15, 0.2) is 54.6 Å². The molecule has 6 heteroatoms. The third kappa shape index (κ3) is 4.81. The number of aromatic nitrogens is 4. The van der Waals surface area contributed by atoms with Crippen LogP contribution in [0.4, 0.5) is 5.69 Å². The minimum atomic E-state index is 0.630. The number of aromatic amines is 1. The highest BCUT2D eigenvalue weighted by Crippen LogP contribution is 2.16. The van der Waals surface area contributed by atoms with Crippen LogP contribution in [0.5, 0.6) is 5.75 Å². The van der Waals surface area contributed by atoms with E-state index >= 15 is 0 Å². The standard InChI is InChI=1S/C17H19N5O/c1-2-5-14(6-3-1)13-18-15-8-10-16(11-9-15)23-12-4-7-17-19-21-22-20-17/h1-3,5-6,8-11,18H,4,7,12-13H2,(H,19,20,21,22). The van der Waals surface area contributed by atoms with Gasteiger partial charge in [-0.05, 0) is 36.2 Å². The van der Waals surface area contributed by atoms with Crippen molar-refractivity contribution in [3.63, 3.8) is 0 Å². The molecule has 0 bridgehead atoms. The van der Waals surface area contributed by atoms with Crippen LogP contribution in [0.25, 0.3) is 0 Å². The summed E-state index contributed by atoms with van der Waals surface area (Å²) in [6.07, 6.45) is 1.61. The quantitative estimate of drug-likeness (QED) is 0.626.